The van der Waals surface area contributed by atoms with E-state index >= 15 is 0 Å². The molecule has 5 rings (SSSR count). The number of carboxylic acid groups (broad SMARTS) is 1. The Morgan fingerprint density at radius 3 is 2.37 bits per heavy atom. The Morgan fingerprint density at radius 1 is 1.02 bits per heavy atom. The summed E-state index contributed by atoms with van der Waals surface area (Å²) in [5.41, 5.74) is 2.59. The van der Waals surface area contributed by atoms with Gasteiger partial charge in [-0.15, -0.1) is 23.1 Å². The summed E-state index contributed by atoms with van der Waals surface area (Å²) in [5.74, 6) is -0.391. The molecule has 0 aliphatic heterocycles. The number of aliphatic carboxylic acids is 1. The molecule has 3 aromatic carbocycles. The van der Waals surface area contributed by atoms with Crippen LogP contribution in [0.4, 0.5) is 17.6 Å². The molecule has 2 aromatic heterocycles. The number of benzene rings is 3. The molecule has 6 nitrogen and oxygen atoms in total. The normalized spacial score (nSPS) is 12.3. The average Bonchev–Trinajstić information content (AvgIpc) is 3.59. The first-order valence-electron chi connectivity index (χ1n) is 12.9. The molecule has 0 aliphatic carbocycles. The smallest absolute Gasteiger partial charge is 0.416 e. The number of rotatable bonds is 10. The molecule has 0 spiro atoms. The zero-order chi connectivity index (χ0) is 30.7. The van der Waals surface area contributed by atoms with Crippen LogP contribution in [-0.2, 0) is 17.4 Å². The van der Waals surface area contributed by atoms with Gasteiger partial charge in [-0.05, 0) is 74.0 Å². The molecule has 0 saturated heterocycles. The van der Waals surface area contributed by atoms with E-state index in [1.54, 1.807) is 24.3 Å². The summed E-state index contributed by atoms with van der Waals surface area (Å²) in [5, 5.41) is 13.5. The molecule has 0 radical (unpaired) electrons. The quantitative estimate of drug-likeness (QED) is 0.122. The van der Waals surface area contributed by atoms with E-state index in [0.717, 1.165) is 33.2 Å². The van der Waals surface area contributed by atoms with E-state index in [1.807, 2.05) is 26.0 Å². The van der Waals surface area contributed by atoms with Gasteiger partial charge in [-0.1, -0.05) is 17.3 Å². The van der Waals surface area contributed by atoms with Crippen LogP contribution in [0.1, 0.15) is 32.7 Å². The summed E-state index contributed by atoms with van der Waals surface area (Å²) >= 11 is 2.92. The van der Waals surface area contributed by atoms with Gasteiger partial charge in [0, 0.05) is 33.4 Å². The van der Waals surface area contributed by atoms with Gasteiger partial charge < -0.3 is 14.4 Å². The van der Waals surface area contributed by atoms with Gasteiger partial charge in [0.2, 0.25) is 0 Å². The molecule has 12 heteroatoms. The third kappa shape index (κ3) is 7.44. The topological polar surface area (TPSA) is 85.5 Å². The summed E-state index contributed by atoms with van der Waals surface area (Å²) in [6.07, 6.45) is -4.02. The Kier molecular flexibility index (Phi) is 8.88. The van der Waals surface area contributed by atoms with Crippen molar-refractivity contribution in [2.75, 3.05) is 6.61 Å². The minimum Gasteiger partial charge on any atom is -0.482 e. The number of thioether (sulfide) groups is 1. The summed E-state index contributed by atoms with van der Waals surface area (Å²) in [6.45, 7) is 3.22. The van der Waals surface area contributed by atoms with Gasteiger partial charge in [-0.2, -0.15) is 13.2 Å². The number of hydrogen-bond donors (Lipinski definition) is 1. The highest BCUT2D eigenvalue weighted by Gasteiger charge is 2.30. The van der Waals surface area contributed by atoms with Crippen LogP contribution >= 0.6 is 23.1 Å². The second-order valence-corrected chi connectivity index (χ2v) is 12.0. The Hall–Kier alpha value is -4.16. The van der Waals surface area contributed by atoms with Gasteiger partial charge in [0.1, 0.15) is 28.0 Å². The highest BCUT2D eigenvalue weighted by Crippen LogP contribution is 2.45. The van der Waals surface area contributed by atoms with Crippen LogP contribution in [0, 0.1) is 19.7 Å². The monoisotopic (exact) mass is 628 g/mol. The van der Waals surface area contributed by atoms with Crippen LogP contribution in [0.5, 0.6) is 5.75 Å². The van der Waals surface area contributed by atoms with Crippen molar-refractivity contribution in [3.05, 3.63) is 106 Å². The van der Waals surface area contributed by atoms with Gasteiger partial charge in [-0.3, -0.25) is 0 Å². The fourth-order valence-electron chi connectivity index (χ4n) is 4.33. The van der Waals surface area contributed by atoms with E-state index in [0.29, 0.717) is 39.8 Å². The van der Waals surface area contributed by atoms with Gasteiger partial charge in [0.15, 0.2) is 6.61 Å². The summed E-state index contributed by atoms with van der Waals surface area (Å²) < 4.78 is 63.7. The van der Waals surface area contributed by atoms with Crippen LogP contribution < -0.4 is 4.74 Å². The van der Waals surface area contributed by atoms with Crippen molar-refractivity contribution >= 4 is 29.1 Å². The molecule has 1 unspecified atom stereocenters. The number of hydrogen-bond acceptors (Lipinski definition) is 7. The van der Waals surface area contributed by atoms with Gasteiger partial charge >= 0.3 is 12.1 Å². The number of ether oxygens (including phenoxy) is 1. The molecule has 0 saturated carbocycles. The maximum atomic E-state index is 13.4. The number of alkyl halides is 3. The van der Waals surface area contributed by atoms with Crippen LogP contribution in [0.2, 0.25) is 0 Å². The lowest BCUT2D eigenvalue weighted by atomic mass is 10.1. The highest BCUT2D eigenvalue weighted by atomic mass is 32.2. The second kappa shape index (κ2) is 12.6. The molecule has 5 aromatic rings. The zero-order valence-corrected chi connectivity index (χ0v) is 24.4. The van der Waals surface area contributed by atoms with E-state index in [4.69, 9.17) is 14.4 Å². The fourth-order valence-corrected chi connectivity index (χ4v) is 6.92. The number of nitrogens with zero attached hydrogens (tertiary/aromatic N) is 2. The first-order valence-corrected chi connectivity index (χ1v) is 14.6. The number of thiazole rings is 1. The predicted octanol–water partition coefficient (Wildman–Crippen LogP) is 8.78. The van der Waals surface area contributed by atoms with Crippen LogP contribution in [0.3, 0.4) is 0 Å². The van der Waals surface area contributed by atoms with Crippen molar-refractivity contribution in [1.82, 2.24) is 10.1 Å². The Bertz CT molecular complexity index is 1730. The van der Waals surface area contributed by atoms with Gasteiger partial charge in [0.05, 0.1) is 16.5 Å². The SMILES string of the molecule is Cc1cc(SC(Cc2cc(-c3ccc(F)cc3)no2)c2sc(-c3ccc(C(F)(F)F)cc3)nc2C)ccc1OCC(=O)O. The average molecular weight is 629 g/mol. The van der Waals surface area contributed by atoms with E-state index in [1.165, 1.54) is 47.4 Å². The van der Waals surface area contributed by atoms with Gasteiger partial charge in [-0.25, -0.2) is 14.2 Å². The molecular formula is C31H24F4N2O4S2. The van der Waals surface area contributed by atoms with Crippen LogP contribution in [0.15, 0.2) is 82.2 Å². The number of aryl methyl sites for hydroxylation is 2. The minimum atomic E-state index is -4.43. The van der Waals surface area contributed by atoms with Crippen LogP contribution in [-0.4, -0.2) is 27.8 Å². The zero-order valence-electron chi connectivity index (χ0n) is 22.8. The third-order valence-electron chi connectivity index (χ3n) is 6.45. The van der Waals surface area contributed by atoms with Crippen molar-refractivity contribution in [3.63, 3.8) is 0 Å². The van der Waals surface area contributed by atoms with Gasteiger partial charge in [0.25, 0.3) is 0 Å². The lowest BCUT2D eigenvalue weighted by molar-refractivity contribution is -0.139. The molecule has 0 bridgehead atoms. The second-order valence-electron chi connectivity index (χ2n) is 9.65. The number of halogens is 4. The first-order chi connectivity index (χ1) is 20.5. The third-order valence-corrected chi connectivity index (χ3v) is 9.13. The molecule has 0 aliphatic rings. The molecule has 0 fully saturated rings. The maximum Gasteiger partial charge on any atom is 0.416 e. The Morgan fingerprint density at radius 2 is 1.72 bits per heavy atom. The predicted molar refractivity (Wildman–Crippen MR) is 156 cm³/mol. The summed E-state index contributed by atoms with van der Waals surface area (Å²) in [4.78, 5) is 17.4. The molecule has 43 heavy (non-hydrogen) atoms. The Labute approximate surface area is 252 Å². The molecule has 1 atom stereocenters. The molecule has 1 N–H and O–H groups in total. The number of aromatic nitrogens is 2. The Balaban J connectivity index is 1.45. The van der Waals surface area contributed by atoms with E-state index in [9.17, 15) is 22.4 Å². The van der Waals surface area contributed by atoms with E-state index in [-0.39, 0.29) is 11.1 Å². The lowest BCUT2D eigenvalue weighted by Gasteiger charge is -2.16. The highest BCUT2D eigenvalue weighted by molar-refractivity contribution is 7.99. The van der Waals surface area contributed by atoms with Crippen LogP contribution in [0.25, 0.3) is 21.8 Å². The maximum absolute atomic E-state index is 13.4. The van der Waals surface area contributed by atoms with Crippen molar-refractivity contribution in [1.29, 1.82) is 0 Å². The van der Waals surface area contributed by atoms with Crippen molar-refractivity contribution in [2.45, 2.75) is 36.6 Å². The lowest BCUT2D eigenvalue weighted by Crippen LogP contribution is -2.10. The molecular weight excluding hydrogens is 604 g/mol. The minimum absolute atomic E-state index is 0.222. The summed E-state index contributed by atoms with van der Waals surface area (Å²) in [6, 6.07) is 18.1. The first kappa shape index (κ1) is 30.3. The largest absolute Gasteiger partial charge is 0.482 e. The van der Waals surface area contributed by atoms with E-state index < -0.39 is 24.3 Å². The number of carbonyl (C=O) groups is 1. The number of carboxylic acids is 1. The van der Waals surface area contributed by atoms with Crippen molar-refractivity contribution in [3.8, 4) is 27.6 Å². The van der Waals surface area contributed by atoms with E-state index in [2.05, 4.69) is 10.1 Å². The summed E-state index contributed by atoms with van der Waals surface area (Å²) in [7, 11) is 0. The standard InChI is InChI=1S/C31H24F4N2O4S2/c1-17-13-24(11-12-26(17)40-16-28(38)39)42-27(15-23-14-25(37-41-23)19-5-9-22(32)10-6-19)29-18(2)36-30(43-29)20-3-7-21(8-4-20)31(33,34)35/h3-14,27H,15-16H2,1-2H3,(H,38,39). The molecule has 222 valence electrons. The molecule has 0 amide bonds. The molecule has 2 heterocycles. The fraction of sp³-hybridized carbons (Fsp3) is 0.194. The van der Waals surface area contributed by atoms with Crippen molar-refractivity contribution < 1.29 is 36.7 Å². The van der Waals surface area contributed by atoms with Crippen molar-refractivity contribution in [2.24, 2.45) is 0 Å².